The SMILES string of the molecule is COc1ccc(N2CCN[C@H]3CCC[C@@H]32)cc1. The van der Waals surface area contributed by atoms with Crippen LogP contribution in [0.2, 0.25) is 0 Å². The standard InChI is InChI=1S/C14H20N2O/c1-17-12-7-5-11(6-8-12)16-10-9-15-13-3-2-4-14(13)16/h5-8,13-15H,2-4,9-10H2,1H3/t13-,14-/m0/s1. The summed E-state index contributed by atoms with van der Waals surface area (Å²) in [6.07, 6.45) is 4.01. The van der Waals surface area contributed by atoms with E-state index < -0.39 is 0 Å². The molecule has 0 unspecified atom stereocenters. The van der Waals surface area contributed by atoms with Crippen LogP contribution in [0.5, 0.6) is 5.75 Å². The summed E-state index contributed by atoms with van der Waals surface area (Å²) in [4.78, 5) is 2.56. The molecule has 0 bridgehead atoms. The quantitative estimate of drug-likeness (QED) is 0.844. The molecule has 1 aliphatic heterocycles. The van der Waals surface area contributed by atoms with Crippen LogP contribution in [0.15, 0.2) is 24.3 Å². The first-order valence-electron chi connectivity index (χ1n) is 6.52. The molecule has 3 nitrogen and oxygen atoms in total. The van der Waals surface area contributed by atoms with Crippen molar-refractivity contribution in [2.45, 2.75) is 31.3 Å². The molecule has 1 aliphatic carbocycles. The van der Waals surface area contributed by atoms with Crippen LogP contribution in [0.3, 0.4) is 0 Å². The molecule has 1 saturated heterocycles. The number of nitrogens with zero attached hydrogens (tertiary/aromatic N) is 1. The summed E-state index contributed by atoms with van der Waals surface area (Å²) in [6, 6.07) is 9.87. The summed E-state index contributed by atoms with van der Waals surface area (Å²) in [5, 5.41) is 3.64. The van der Waals surface area contributed by atoms with Gasteiger partial charge in [0.2, 0.25) is 0 Å². The number of piperazine rings is 1. The van der Waals surface area contributed by atoms with Crippen LogP contribution >= 0.6 is 0 Å². The van der Waals surface area contributed by atoms with Crippen molar-refractivity contribution < 1.29 is 4.74 Å². The Kier molecular flexibility index (Phi) is 2.93. The maximum absolute atomic E-state index is 5.21. The van der Waals surface area contributed by atoms with E-state index in [1.54, 1.807) is 7.11 Å². The van der Waals surface area contributed by atoms with Gasteiger partial charge < -0.3 is 15.0 Å². The first-order chi connectivity index (χ1) is 8.38. The van der Waals surface area contributed by atoms with Crippen molar-refractivity contribution in [1.82, 2.24) is 5.32 Å². The lowest BCUT2D eigenvalue weighted by Gasteiger charge is -2.40. The molecule has 0 spiro atoms. The molecule has 17 heavy (non-hydrogen) atoms. The highest BCUT2D eigenvalue weighted by atomic mass is 16.5. The third kappa shape index (κ3) is 2.00. The number of anilines is 1. The van der Waals surface area contributed by atoms with Gasteiger partial charge in [0.25, 0.3) is 0 Å². The van der Waals surface area contributed by atoms with E-state index in [1.807, 2.05) is 0 Å². The fourth-order valence-corrected chi connectivity index (χ4v) is 3.18. The van der Waals surface area contributed by atoms with Gasteiger partial charge >= 0.3 is 0 Å². The Morgan fingerprint density at radius 1 is 1.24 bits per heavy atom. The number of fused-ring (bicyclic) bond motifs is 1. The Balaban J connectivity index is 1.81. The van der Waals surface area contributed by atoms with Gasteiger partial charge in [-0.25, -0.2) is 0 Å². The van der Waals surface area contributed by atoms with Crippen LogP contribution in [0.4, 0.5) is 5.69 Å². The minimum absolute atomic E-state index is 0.692. The monoisotopic (exact) mass is 232 g/mol. The zero-order valence-corrected chi connectivity index (χ0v) is 10.4. The largest absolute Gasteiger partial charge is 0.497 e. The molecule has 2 fully saturated rings. The predicted molar refractivity (Wildman–Crippen MR) is 69.8 cm³/mol. The van der Waals surface area contributed by atoms with E-state index in [1.165, 1.54) is 24.9 Å². The van der Waals surface area contributed by atoms with E-state index in [9.17, 15) is 0 Å². The van der Waals surface area contributed by atoms with E-state index in [0.717, 1.165) is 18.8 Å². The van der Waals surface area contributed by atoms with Crippen molar-refractivity contribution >= 4 is 5.69 Å². The summed E-state index contributed by atoms with van der Waals surface area (Å²) >= 11 is 0. The number of rotatable bonds is 2. The number of ether oxygens (including phenoxy) is 1. The molecule has 1 aromatic rings. The van der Waals surface area contributed by atoms with Gasteiger partial charge in [0.05, 0.1) is 7.11 Å². The number of benzene rings is 1. The predicted octanol–water partition coefficient (Wildman–Crippen LogP) is 2.03. The molecule has 92 valence electrons. The number of methoxy groups -OCH3 is 1. The third-order valence-corrected chi connectivity index (χ3v) is 4.04. The maximum Gasteiger partial charge on any atom is 0.119 e. The van der Waals surface area contributed by atoms with Crippen molar-refractivity contribution in [3.05, 3.63) is 24.3 Å². The van der Waals surface area contributed by atoms with E-state index >= 15 is 0 Å². The van der Waals surface area contributed by atoms with Gasteiger partial charge in [-0.1, -0.05) is 0 Å². The van der Waals surface area contributed by atoms with Crippen molar-refractivity contribution in [3.63, 3.8) is 0 Å². The van der Waals surface area contributed by atoms with Crippen LogP contribution in [0, 0.1) is 0 Å². The van der Waals surface area contributed by atoms with Gasteiger partial charge in [0, 0.05) is 30.9 Å². The summed E-state index contributed by atoms with van der Waals surface area (Å²) in [6.45, 7) is 2.22. The molecule has 1 heterocycles. The van der Waals surface area contributed by atoms with Crippen LogP contribution in [0.25, 0.3) is 0 Å². The molecular weight excluding hydrogens is 212 g/mol. The molecule has 3 heteroatoms. The van der Waals surface area contributed by atoms with Gasteiger partial charge in [-0.05, 0) is 43.5 Å². The Bertz CT molecular complexity index is 376. The minimum atomic E-state index is 0.692. The van der Waals surface area contributed by atoms with E-state index in [2.05, 4.69) is 34.5 Å². The zero-order chi connectivity index (χ0) is 11.7. The lowest BCUT2D eigenvalue weighted by Crippen LogP contribution is -2.55. The Hall–Kier alpha value is -1.22. The summed E-state index contributed by atoms with van der Waals surface area (Å²) in [5.41, 5.74) is 1.34. The zero-order valence-electron chi connectivity index (χ0n) is 10.4. The Morgan fingerprint density at radius 3 is 2.82 bits per heavy atom. The lowest BCUT2D eigenvalue weighted by atomic mass is 10.1. The van der Waals surface area contributed by atoms with Gasteiger partial charge in [-0.3, -0.25) is 0 Å². The second-order valence-corrected chi connectivity index (χ2v) is 4.95. The van der Waals surface area contributed by atoms with Gasteiger partial charge in [-0.2, -0.15) is 0 Å². The minimum Gasteiger partial charge on any atom is -0.497 e. The van der Waals surface area contributed by atoms with Gasteiger partial charge in [-0.15, -0.1) is 0 Å². The number of hydrogen-bond donors (Lipinski definition) is 1. The van der Waals surface area contributed by atoms with Crippen LogP contribution in [0.1, 0.15) is 19.3 Å². The first-order valence-corrected chi connectivity index (χ1v) is 6.52. The topological polar surface area (TPSA) is 24.5 Å². The molecule has 2 atom stereocenters. The third-order valence-electron chi connectivity index (χ3n) is 4.04. The average Bonchev–Trinajstić information content (AvgIpc) is 2.87. The summed E-state index contributed by atoms with van der Waals surface area (Å²) < 4.78 is 5.21. The summed E-state index contributed by atoms with van der Waals surface area (Å²) in [7, 11) is 1.72. The average molecular weight is 232 g/mol. The number of hydrogen-bond acceptors (Lipinski definition) is 3. The maximum atomic E-state index is 5.21. The fraction of sp³-hybridized carbons (Fsp3) is 0.571. The van der Waals surface area contributed by atoms with E-state index in [4.69, 9.17) is 4.74 Å². The fourth-order valence-electron chi connectivity index (χ4n) is 3.18. The van der Waals surface area contributed by atoms with E-state index in [0.29, 0.717) is 12.1 Å². The highest BCUT2D eigenvalue weighted by Crippen LogP contribution is 2.31. The molecule has 1 aromatic carbocycles. The molecule has 3 rings (SSSR count). The number of nitrogens with one attached hydrogen (secondary N) is 1. The molecule has 1 N–H and O–H groups in total. The smallest absolute Gasteiger partial charge is 0.119 e. The van der Waals surface area contributed by atoms with Crippen LogP contribution in [-0.4, -0.2) is 32.3 Å². The first kappa shape index (κ1) is 10.9. The molecular formula is C14H20N2O. The highest BCUT2D eigenvalue weighted by molar-refractivity contribution is 5.51. The van der Waals surface area contributed by atoms with Crippen LogP contribution in [-0.2, 0) is 0 Å². The van der Waals surface area contributed by atoms with Crippen molar-refractivity contribution in [2.24, 2.45) is 0 Å². The molecule has 0 aromatic heterocycles. The molecule has 0 amide bonds. The van der Waals surface area contributed by atoms with Gasteiger partial charge in [0.15, 0.2) is 0 Å². The molecule has 1 saturated carbocycles. The normalized spacial score (nSPS) is 27.9. The Morgan fingerprint density at radius 2 is 2.06 bits per heavy atom. The molecule has 0 radical (unpaired) electrons. The van der Waals surface area contributed by atoms with Crippen molar-refractivity contribution in [2.75, 3.05) is 25.1 Å². The Labute approximate surface area is 103 Å². The second kappa shape index (κ2) is 4.57. The lowest BCUT2D eigenvalue weighted by molar-refractivity contribution is 0.402. The van der Waals surface area contributed by atoms with Crippen molar-refractivity contribution in [1.29, 1.82) is 0 Å². The second-order valence-electron chi connectivity index (χ2n) is 4.95. The van der Waals surface area contributed by atoms with Crippen LogP contribution < -0.4 is 15.0 Å². The van der Waals surface area contributed by atoms with Crippen molar-refractivity contribution in [3.8, 4) is 5.75 Å². The van der Waals surface area contributed by atoms with Gasteiger partial charge in [0.1, 0.15) is 5.75 Å². The summed E-state index contributed by atoms with van der Waals surface area (Å²) in [5.74, 6) is 0.937. The highest BCUT2D eigenvalue weighted by Gasteiger charge is 2.34. The molecule has 2 aliphatic rings. The van der Waals surface area contributed by atoms with E-state index in [-0.39, 0.29) is 0 Å².